The van der Waals surface area contributed by atoms with Crippen molar-refractivity contribution >= 4 is 18.2 Å². The van der Waals surface area contributed by atoms with E-state index in [2.05, 4.69) is 45.6 Å². The molecule has 2 heterocycles. The van der Waals surface area contributed by atoms with E-state index < -0.39 is 0 Å². The van der Waals surface area contributed by atoms with Crippen LogP contribution in [0.25, 0.3) is 0 Å². The normalized spacial score (nSPS) is 27.9. The number of hydrogen-bond acceptors (Lipinski definition) is 4. The molecule has 2 aliphatic rings. The average molecular weight is 295 g/mol. The summed E-state index contributed by atoms with van der Waals surface area (Å²) >= 11 is 5.46. The maximum atomic E-state index is 5.46. The molecule has 1 aliphatic carbocycles. The molecule has 5 nitrogen and oxygen atoms in total. The molecule has 0 bridgehead atoms. The molecule has 1 saturated carbocycles. The van der Waals surface area contributed by atoms with Crippen LogP contribution in [0.15, 0.2) is 0 Å². The fourth-order valence-electron chi connectivity index (χ4n) is 3.80. The summed E-state index contributed by atoms with van der Waals surface area (Å²) in [6, 6.07) is 1.14. The molecule has 1 aromatic heterocycles. The van der Waals surface area contributed by atoms with Crippen LogP contribution in [-0.2, 0) is 0 Å². The second-order valence-electron chi connectivity index (χ2n) is 6.55. The Kier molecular flexibility index (Phi) is 3.86. The van der Waals surface area contributed by atoms with Crippen molar-refractivity contribution in [1.29, 1.82) is 0 Å². The SMILES string of the molecule is CC1CN(c2n[nH]c(=S)n2C2CCCC2)CC1N(C)C. The van der Waals surface area contributed by atoms with E-state index in [0.717, 1.165) is 23.8 Å². The van der Waals surface area contributed by atoms with Gasteiger partial charge in [0.1, 0.15) is 0 Å². The molecule has 0 spiro atoms. The van der Waals surface area contributed by atoms with Gasteiger partial charge in [-0.1, -0.05) is 19.8 Å². The smallest absolute Gasteiger partial charge is 0.226 e. The summed E-state index contributed by atoms with van der Waals surface area (Å²) in [4.78, 5) is 4.73. The van der Waals surface area contributed by atoms with Crippen molar-refractivity contribution < 1.29 is 0 Å². The lowest BCUT2D eigenvalue weighted by Gasteiger charge is -2.23. The van der Waals surface area contributed by atoms with Crippen LogP contribution < -0.4 is 4.90 Å². The zero-order valence-electron chi connectivity index (χ0n) is 12.7. The molecule has 2 fully saturated rings. The van der Waals surface area contributed by atoms with Gasteiger partial charge in [0, 0.05) is 25.2 Å². The number of H-pyrrole nitrogens is 1. The molecule has 20 heavy (non-hydrogen) atoms. The van der Waals surface area contributed by atoms with Gasteiger partial charge in [-0.25, -0.2) is 5.10 Å². The van der Waals surface area contributed by atoms with Gasteiger partial charge in [-0.15, -0.1) is 5.10 Å². The number of nitrogens with zero attached hydrogens (tertiary/aromatic N) is 4. The van der Waals surface area contributed by atoms with Crippen LogP contribution in [0.1, 0.15) is 38.6 Å². The third-order valence-corrected chi connectivity index (χ3v) is 5.18. The van der Waals surface area contributed by atoms with E-state index in [1.165, 1.54) is 25.7 Å². The largest absolute Gasteiger partial charge is 0.339 e. The van der Waals surface area contributed by atoms with Crippen LogP contribution in [0, 0.1) is 10.7 Å². The van der Waals surface area contributed by atoms with Gasteiger partial charge in [-0.3, -0.25) is 4.57 Å². The van der Waals surface area contributed by atoms with E-state index >= 15 is 0 Å². The zero-order valence-corrected chi connectivity index (χ0v) is 13.5. The Morgan fingerprint density at radius 2 is 1.95 bits per heavy atom. The fourth-order valence-corrected chi connectivity index (χ4v) is 4.07. The second kappa shape index (κ2) is 5.48. The minimum Gasteiger partial charge on any atom is -0.339 e. The Bertz CT molecular complexity index is 514. The Morgan fingerprint density at radius 3 is 2.55 bits per heavy atom. The van der Waals surface area contributed by atoms with Gasteiger partial charge >= 0.3 is 0 Å². The number of hydrogen-bond donors (Lipinski definition) is 1. The molecule has 0 radical (unpaired) electrons. The van der Waals surface area contributed by atoms with Gasteiger partial charge in [-0.2, -0.15) is 0 Å². The predicted octanol–water partition coefficient (Wildman–Crippen LogP) is 2.44. The lowest BCUT2D eigenvalue weighted by Crippen LogP contribution is -2.34. The topological polar surface area (TPSA) is 40.1 Å². The third kappa shape index (κ3) is 2.39. The molecule has 112 valence electrons. The van der Waals surface area contributed by atoms with Gasteiger partial charge < -0.3 is 9.80 Å². The Balaban J connectivity index is 1.86. The molecule has 1 N–H and O–H groups in total. The van der Waals surface area contributed by atoms with E-state index in [9.17, 15) is 0 Å². The average Bonchev–Trinajstić information content (AvgIpc) is 3.07. The van der Waals surface area contributed by atoms with Crippen LogP contribution in [0.4, 0.5) is 5.95 Å². The lowest BCUT2D eigenvalue weighted by atomic mass is 10.1. The van der Waals surface area contributed by atoms with Crippen molar-refractivity contribution in [2.45, 2.75) is 44.7 Å². The van der Waals surface area contributed by atoms with Crippen molar-refractivity contribution in [3.63, 3.8) is 0 Å². The summed E-state index contributed by atoms with van der Waals surface area (Å²) in [6.07, 6.45) is 5.10. The number of nitrogens with one attached hydrogen (secondary N) is 1. The van der Waals surface area contributed by atoms with Gasteiger partial charge in [0.2, 0.25) is 5.95 Å². The molecule has 1 aliphatic heterocycles. The molecule has 6 heteroatoms. The summed E-state index contributed by atoms with van der Waals surface area (Å²) in [5.41, 5.74) is 0. The Hall–Kier alpha value is -0.880. The van der Waals surface area contributed by atoms with Crippen LogP contribution in [-0.4, -0.2) is 52.9 Å². The van der Waals surface area contributed by atoms with Crippen LogP contribution in [0.2, 0.25) is 0 Å². The van der Waals surface area contributed by atoms with E-state index in [1.54, 1.807) is 0 Å². The fraction of sp³-hybridized carbons (Fsp3) is 0.857. The van der Waals surface area contributed by atoms with E-state index in [0.29, 0.717) is 18.0 Å². The first kappa shape index (κ1) is 14.1. The number of likely N-dealkylation sites (N-methyl/N-ethyl adjacent to an activating group) is 1. The highest BCUT2D eigenvalue weighted by atomic mass is 32.1. The minimum absolute atomic E-state index is 0.546. The number of rotatable bonds is 3. The molecule has 1 saturated heterocycles. The van der Waals surface area contributed by atoms with E-state index in [1.807, 2.05) is 0 Å². The maximum absolute atomic E-state index is 5.46. The third-order valence-electron chi connectivity index (χ3n) is 4.89. The van der Waals surface area contributed by atoms with Gasteiger partial charge in [0.15, 0.2) is 4.77 Å². The molecular weight excluding hydrogens is 270 g/mol. The summed E-state index contributed by atoms with van der Waals surface area (Å²) in [7, 11) is 4.33. The van der Waals surface area contributed by atoms with Gasteiger partial charge in [0.05, 0.1) is 0 Å². The standard InChI is InChI=1S/C14H25N5S/c1-10-8-18(9-12(10)17(2)3)13-15-16-14(20)19(13)11-6-4-5-7-11/h10-12H,4-9H2,1-3H3,(H,16,20). The molecule has 1 aromatic rings. The van der Waals surface area contributed by atoms with Crippen molar-refractivity contribution in [1.82, 2.24) is 19.7 Å². The summed E-state index contributed by atoms with van der Waals surface area (Å²) < 4.78 is 3.06. The highest BCUT2D eigenvalue weighted by molar-refractivity contribution is 7.71. The Labute approximate surface area is 126 Å². The second-order valence-corrected chi connectivity index (χ2v) is 6.94. The first-order chi connectivity index (χ1) is 9.58. The van der Waals surface area contributed by atoms with Crippen LogP contribution in [0.3, 0.4) is 0 Å². The molecule has 0 amide bonds. The van der Waals surface area contributed by atoms with E-state index in [4.69, 9.17) is 12.2 Å². The summed E-state index contributed by atoms with van der Waals surface area (Å²) in [5.74, 6) is 1.71. The van der Waals surface area contributed by atoms with Crippen molar-refractivity contribution in [3.8, 4) is 0 Å². The number of aromatic amines is 1. The summed E-state index contributed by atoms with van der Waals surface area (Å²) in [6.45, 7) is 4.43. The van der Waals surface area contributed by atoms with Gasteiger partial charge in [-0.05, 0) is 45.1 Å². The lowest BCUT2D eigenvalue weighted by molar-refractivity contribution is 0.266. The van der Waals surface area contributed by atoms with Crippen molar-refractivity contribution in [2.75, 3.05) is 32.1 Å². The highest BCUT2D eigenvalue weighted by Gasteiger charge is 2.34. The monoisotopic (exact) mass is 295 g/mol. The minimum atomic E-state index is 0.546. The maximum Gasteiger partial charge on any atom is 0.226 e. The van der Waals surface area contributed by atoms with Crippen LogP contribution in [0.5, 0.6) is 0 Å². The van der Waals surface area contributed by atoms with E-state index in [-0.39, 0.29) is 0 Å². The molecule has 0 aromatic carbocycles. The molecular formula is C14H25N5S. The summed E-state index contributed by atoms with van der Waals surface area (Å²) in [5, 5.41) is 7.53. The number of aromatic nitrogens is 3. The first-order valence-corrected chi connectivity index (χ1v) is 8.07. The molecule has 2 atom stereocenters. The molecule has 2 unspecified atom stereocenters. The zero-order chi connectivity index (χ0) is 14.3. The quantitative estimate of drug-likeness (QED) is 0.870. The highest BCUT2D eigenvalue weighted by Crippen LogP contribution is 2.34. The molecule has 3 rings (SSSR count). The first-order valence-electron chi connectivity index (χ1n) is 7.66. The van der Waals surface area contributed by atoms with Gasteiger partial charge in [0.25, 0.3) is 0 Å². The van der Waals surface area contributed by atoms with Crippen LogP contribution >= 0.6 is 12.2 Å². The Morgan fingerprint density at radius 1 is 1.25 bits per heavy atom. The number of anilines is 1. The van der Waals surface area contributed by atoms with Crippen molar-refractivity contribution in [2.24, 2.45) is 5.92 Å². The predicted molar refractivity (Wildman–Crippen MR) is 83.8 cm³/mol. The van der Waals surface area contributed by atoms with Crippen molar-refractivity contribution in [3.05, 3.63) is 4.77 Å².